The summed E-state index contributed by atoms with van der Waals surface area (Å²) >= 11 is 4.69. The molecule has 0 atom stereocenters. The molecule has 0 bridgehead atoms. The summed E-state index contributed by atoms with van der Waals surface area (Å²) in [5.74, 6) is 0.932. The Kier molecular flexibility index (Phi) is 7.51. The van der Waals surface area contributed by atoms with Crippen LogP contribution in [0.15, 0.2) is 112 Å². The molecule has 0 spiro atoms. The smallest absolute Gasteiger partial charge is 0.265 e. The molecule has 0 saturated carbocycles. The molecule has 0 fully saturated rings. The molecule has 5 aromatic rings. The summed E-state index contributed by atoms with van der Waals surface area (Å²) < 4.78 is 35.7. The highest BCUT2D eigenvalue weighted by Crippen LogP contribution is 2.34. The first-order valence-corrected chi connectivity index (χ1v) is 14.9. The molecule has 9 heteroatoms. The van der Waals surface area contributed by atoms with E-state index in [1.165, 1.54) is 15.6 Å². The van der Waals surface area contributed by atoms with Gasteiger partial charge in [-0.3, -0.25) is 9.10 Å². The molecule has 1 N–H and O–H groups in total. The van der Waals surface area contributed by atoms with E-state index in [0.717, 1.165) is 14.6 Å². The van der Waals surface area contributed by atoms with Crippen molar-refractivity contribution >= 4 is 64.7 Å². The van der Waals surface area contributed by atoms with E-state index in [0.29, 0.717) is 27.8 Å². The molecule has 0 saturated heterocycles. The minimum absolute atomic E-state index is 0.212. The molecule has 192 valence electrons. The first-order chi connectivity index (χ1) is 18.3. The van der Waals surface area contributed by atoms with Crippen LogP contribution in [0.3, 0.4) is 0 Å². The van der Waals surface area contributed by atoms with E-state index < -0.39 is 10.0 Å². The maximum Gasteiger partial charge on any atom is 0.265 e. The molecule has 1 heterocycles. The normalized spacial score (nSPS) is 11.3. The lowest BCUT2D eigenvalue weighted by Crippen LogP contribution is -2.30. The number of nitrogens with one attached hydrogen (secondary N) is 1. The van der Waals surface area contributed by atoms with E-state index in [2.05, 4.69) is 21.2 Å². The van der Waals surface area contributed by atoms with Crippen LogP contribution in [0.2, 0.25) is 0 Å². The highest BCUT2D eigenvalue weighted by molar-refractivity contribution is 9.10. The second-order valence-corrected chi connectivity index (χ2v) is 12.2. The van der Waals surface area contributed by atoms with Crippen molar-refractivity contribution in [3.8, 4) is 11.5 Å². The minimum Gasteiger partial charge on any atom is -0.455 e. The number of hydrogen-bond donors (Lipinski definition) is 1. The van der Waals surface area contributed by atoms with Gasteiger partial charge in [-0.05, 0) is 85.1 Å². The largest absolute Gasteiger partial charge is 0.455 e. The van der Waals surface area contributed by atoms with Crippen LogP contribution in [-0.2, 0) is 10.0 Å². The average Bonchev–Trinajstić information content (AvgIpc) is 3.35. The Hall–Kier alpha value is -3.66. The van der Waals surface area contributed by atoms with Gasteiger partial charge in [0.2, 0.25) is 0 Å². The molecule has 4 aromatic carbocycles. The summed E-state index contributed by atoms with van der Waals surface area (Å²) in [7, 11) is -3.75. The van der Waals surface area contributed by atoms with E-state index in [9.17, 15) is 13.2 Å². The lowest BCUT2D eigenvalue weighted by Gasteiger charge is -2.23. The average molecular weight is 608 g/mol. The van der Waals surface area contributed by atoms with Gasteiger partial charge in [0.25, 0.3) is 15.9 Å². The third-order valence-electron chi connectivity index (χ3n) is 5.81. The summed E-state index contributed by atoms with van der Waals surface area (Å²) in [5, 5.41) is 3.73. The second-order valence-electron chi connectivity index (χ2n) is 8.32. The number of benzene rings is 4. The lowest BCUT2D eigenvalue weighted by atomic mass is 10.2. The highest BCUT2D eigenvalue weighted by Gasteiger charge is 2.24. The number of halogens is 1. The van der Waals surface area contributed by atoms with Crippen LogP contribution in [0.5, 0.6) is 11.5 Å². The molecule has 38 heavy (non-hydrogen) atoms. The monoisotopic (exact) mass is 606 g/mol. The van der Waals surface area contributed by atoms with Gasteiger partial charge < -0.3 is 10.1 Å². The van der Waals surface area contributed by atoms with Crippen LogP contribution in [0.25, 0.3) is 10.1 Å². The third kappa shape index (κ3) is 5.45. The fraction of sp³-hybridized carbons (Fsp3) is 0.0690. The van der Waals surface area contributed by atoms with Gasteiger partial charge in [-0.15, -0.1) is 11.3 Å². The number of fused-ring (bicyclic) bond motifs is 1. The Labute approximate surface area is 233 Å². The highest BCUT2D eigenvalue weighted by atomic mass is 79.9. The van der Waals surface area contributed by atoms with E-state index in [4.69, 9.17) is 4.74 Å². The topological polar surface area (TPSA) is 75.7 Å². The van der Waals surface area contributed by atoms with Crippen molar-refractivity contribution < 1.29 is 17.9 Å². The van der Waals surface area contributed by atoms with E-state index >= 15 is 0 Å². The van der Waals surface area contributed by atoms with Crippen LogP contribution in [0, 0.1) is 0 Å². The molecular weight excluding hydrogens is 584 g/mol. The van der Waals surface area contributed by atoms with Crippen molar-refractivity contribution in [3.05, 3.63) is 112 Å². The number of ether oxygens (including phenoxy) is 1. The Bertz CT molecular complexity index is 1700. The molecule has 5 rings (SSSR count). The van der Waals surface area contributed by atoms with E-state index in [-0.39, 0.29) is 17.3 Å². The van der Waals surface area contributed by atoms with Gasteiger partial charge in [-0.1, -0.05) is 46.3 Å². The number of anilines is 2. The summed E-state index contributed by atoms with van der Waals surface area (Å²) in [4.78, 5) is 13.9. The van der Waals surface area contributed by atoms with Gasteiger partial charge in [-0.2, -0.15) is 0 Å². The molecule has 0 aliphatic rings. The van der Waals surface area contributed by atoms with Gasteiger partial charge in [0.1, 0.15) is 5.75 Å². The fourth-order valence-corrected chi connectivity index (χ4v) is 6.65. The maximum atomic E-state index is 13.3. The first-order valence-electron chi connectivity index (χ1n) is 11.8. The summed E-state index contributed by atoms with van der Waals surface area (Å²) in [6.45, 7) is 2.06. The zero-order chi connectivity index (χ0) is 26.7. The van der Waals surface area contributed by atoms with Gasteiger partial charge in [0.15, 0.2) is 5.75 Å². The van der Waals surface area contributed by atoms with Crippen LogP contribution >= 0.6 is 27.3 Å². The molecule has 1 amide bonds. The SMILES string of the molecule is CCN(c1ccc2sc(C(=O)Nc3ccccc3Oc3ccccc3)cc2c1)S(=O)(=O)c1ccc(Br)cc1. The van der Waals surface area contributed by atoms with Crippen molar-refractivity contribution in [3.63, 3.8) is 0 Å². The fourth-order valence-electron chi connectivity index (χ4n) is 3.98. The van der Waals surface area contributed by atoms with Crippen LogP contribution in [0.4, 0.5) is 11.4 Å². The van der Waals surface area contributed by atoms with E-state index in [1.54, 1.807) is 61.5 Å². The molecule has 1 aromatic heterocycles. The maximum absolute atomic E-state index is 13.3. The number of hydrogen-bond acceptors (Lipinski definition) is 5. The van der Waals surface area contributed by atoms with Crippen molar-refractivity contribution in [1.82, 2.24) is 0 Å². The van der Waals surface area contributed by atoms with Crippen molar-refractivity contribution in [2.24, 2.45) is 0 Å². The molecule has 0 radical (unpaired) electrons. The Morgan fingerprint density at radius 2 is 1.63 bits per heavy atom. The summed E-state index contributed by atoms with van der Waals surface area (Å²) in [5.41, 5.74) is 1.09. The number of thiophene rings is 1. The number of sulfonamides is 1. The summed E-state index contributed by atoms with van der Waals surface area (Å²) in [6.07, 6.45) is 0. The number of carbonyl (C=O) groups is 1. The number of amides is 1. The summed E-state index contributed by atoms with van der Waals surface area (Å²) in [6, 6.07) is 30.4. The van der Waals surface area contributed by atoms with E-state index in [1.807, 2.05) is 48.5 Å². The number of rotatable bonds is 8. The molecule has 6 nitrogen and oxygen atoms in total. The van der Waals surface area contributed by atoms with Crippen molar-refractivity contribution in [1.29, 1.82) is 0 Å². The predicted molar refractivity (Wildman–Crippen MR) is 157 cm³/mol. The minimum atomic E-state index is -3.75. The van der Waals surface area contributed by atoms with Crippen molar-refractivity contribution in [2.45, 2.75) is 11.8 Å². The van der Waals surface area contributed by atoms with Crippen LogP contribution in [0.1, 0.15) is 16.6 Å². The quantitative estimate of drug-likeness (QED) is 0.195. The zero-order valence-electron chi connectivity index (χ0n) is 20.3. The lowest BCUT2D eigenvalue weighted by molar-refractivity contribution is 0.103. The molecule has 0 aliphatic heterocycles. The van der Waals surface area contributed by atoms with Gasteiger partial charge >= 0.3 is 0 Å². The second kappa shape index (κ2) is 11.0. The number of carbonyl (C=O) groups excluding carboxylic acids is 1. The Morgan fingerprint density at radius 3 is 2.37 bits per heavy atom. The Balaban J connectivity index is 1.40. The number of para-hydroxylation sites is 3. The number of nitrogens with zero attached hydrogens (tertiary/aromatic N) is 1. The molecule has 0 unspecified atom stereocenters. The van der Waals surface area contributed by atoms with Gasteiger partial charge in [-0.25, -0.2) is 8.42 Å². The molecule has 0 aliphatic carbocycles. The van der Waals surface area contributed by atoms with Gasteiger partial charge in [0, 0.05) is 15.7 Å². The first kappa shape index (κ1) is 26.0. The third-order valence-corrected chi connectivity index (χ3v) is 9.37. The zero-order valence-corrected chi connectivity index (χ0v) is 23.5. The van der Waals surface area contributed by atoms with Crippen molar-refractivity contribution in [2.75, 3.05) is 16.2 Å². The standard InChI is InChI=1S/C29H23BrN2O4S2/c1-2-32(38(34,35)24-15-12-21(30)13-16-24)22-14-17-27-20(18-22)19-28(37-27)29(33)31-25-10-6-7-11-26(25)36-23-8-4-3-5-9-23/h3-19H,2H2,1H3,(H,31,33). The van der Waals surface area contributed by atoms with Crippen LogP contribution in [-0.4, -0.2) is 20.9 Å². The van der Waals surface area contributed by atoms with Gasteiger partial charge in [0.05, 0.1) is 21.1 Å². The predicted octanol–water partition coefficient (Wildman–Crippen LogP) is 7.92. The van der Waals surface area contributed by atoms with Crippen LogP contribution < -0.4 is 14.4 Å². The molecular formula is C29H23BrN2O4S2. The Morgan fingerprint density at radius 1 is 0.921 bits per heavy atom.